The van der Waals surface area contributed by atoms with E-state index in [1.807, 2.05) is 19.9 Å². The molecule has 0 atom stereocenters. The van der Waals surface area contributed by atoms with Crippen molar-refractivity contribution >= 4 is 10.9 Å². The van der Waals surface area contributed by atoms with Crippen LogP contribution in [0.4, 0.5) is 0 Å². The van der Waals surface area contributed by atoms with Gasteiger partial charge in [-0.1, -0.05) is 62.4 Å². The minimum Gasteiger partial charge on any atom is -0.344 e. The lowest BCUT2D eigenvalue weighted by molar-refractivity contribution is 0.978. The summed E-state index contributed by atoms with van der Waals surface area (Å²) in [5.41, 5.74) is 3.81. The average Bonchev–Trinajstić information content (AvgIpc) is 2.80. The van der Waals surface area contributed by atoms with Crippen LogP contribution in [0.15, 0.2) is 60.7 Å². The molecule has 0 saturated heterocycles. The molecule has 1 heteroatoms. The van der Waals surface area contributed by atoms with Gasteiger partial charge in [0.15, 0.2) is 0 Å². The van der Waals surface area contributed by atoms with E-state index >= 15 is 0 Å². The summed E-state index contributed by atoms with van der Waals surface area (Å²) in [4.78, 5) is 0. The van der Waals surface area contributed by atoms with Crippen LogP contribution < -0.4 is 0 Å². The van der Waals surface area contributed by atoms with E-state index in [1.54, 1.807) is 0 Å². The largest absolute Gasteiger partial charge is 0.344 e. The minimum atomic E-state index is 1.27. The number of aromatic nitrogens is 1. The molecule has 0 spiro atoms. The van der Waals surface area contributed by atoms with Gasteiger partial charge in [0.25, 0.3) is 0 Å². The quantitative estimate of drug-likeness (QED) is 0.569. The van der Waals surface area contributed by atoms with Crippen LogP contribution >= 0.6 is 0 Å². The topological polar surface area (TPSA) is 4.93 Å². The van der Waals surface area contributed by atoms with Crippen LogP contribution in [0.2, 0.25) is 0 Å². The fourth-order valence-electron chi connectivity index (χ4n) is 2.17. The van der Waals surface area contributed by atoms with Crippen molar-refractivity contribution in [2.45, 2.75) is 13.8 Å². The summed E-state index contributed by atoms with van der Waals surface area (Å²) in [6.45, 7) is 4.00. The number of fused-ring (bicyclic) bond motifs is 1. The molecule has 2 aromatic carbocycles. The van der Waals surface area contributed by atoms with E-state index in [2.05, 4.69) is 66.2 Å². The molecule has 0 unspecified atom stereocenters. The summed E-state index contributed by atoms with van der Waals surface area (Å²) in [7, 11) is 2.12. The lowest BCUT2D eigenvalue weighted by atomic mass is 10.1. The number of para-hydroxylation sites is 1. The highest BCUT2D eigenvalue weighted by Gasteiger charge is 2.05. The molecule has 1 nitrogen and oxygen atoms in total. The Hall–Kier alpha value is -2.02. The predicted molar refractivity (Wildman–Crippen MR) is 79.7 cm³/mol. The van der Waals surface area contributed by atoms with Crippen LogP contribution in [0.5, 0.6) is 0 Å². The van der Waals surface area contributed by atoms with Gasteiger partial charge in [0.05, 0.1) is 0 Å². The third kappa shape index (κ3) is 2.17. The highest BCUT2D eigenvalue weighted by atomic mass is 14.9. The lowest BCUT2D eigenvalue weighted by Gasteiger charge is -2.03. The van der Waals surface area contributed by atoms with Crippen LogP contribution in [-0.2, 0) is 7.05 Å². The molecule has 0 saturated carbocycles. The number of rotatable bonds is 1. The average molecular weight is 237 g/mol. The van der Waals surface area contributed by atoms with Crippen molar-refractivity contribution in [1.82, 2.24) is 4.57 Å². The summed E-state index contributed by atoms with van der Waals surface area (Å²) in [6, 6.07) is 21.2. The Balaban J connectivity index is 0.000000574. The molecule has 0 radical (unpaired) electrons. The van der Waals surface area contributed by atoms with Crippen LogP contribution in [0, 0.1) is 0 Å². The number of hydrogen-bond acceptors (Lipinski definition) is 0. The fraction of sp³-hybridized carbons (Fsp3) is 0.176. The molecule has 0 N–H and O–H groups in total. The first kappa shape index (κ1) is 12.4. The Morgan fingerprint density at radius 1 is 0.778 bits per heavy atom. The van der Waals surface area contributed by atoms with Crippen LogP contribution in [-0.4, -0.2) is 4.57 Å². The summed E-state index contributed by atoms with van der Waals surface area (Å²) in [6.07, 6.45) is 0. The Morgan fingerprint density at radius 2 is 1.39 bits per heavy atom. The lowest BCUT2D eigenvalue weighted by Crippen LogP contribution is -1.90. The third-order valence-electron chi connectivity index (χ3n) is 3.02. The van der Waals surface area contributed by atoms with Crippen molar-refractivity contribution in [3.63, 3.8) is 0 Å². The van der Waals surface area contributed by atoms with Gasteiger partial charge >= 0.3 is 0 Å². The van der Waals surface area contributed by atoms with E-state index in [4.69, 9.17) is 0 Å². The van der Waals surface area contributed by atoms with Gasteiger partial charge in [0.2, 0.25) is 0 Å². The molecular weight excluding hydrogens is 218 g/mol. The van der Waals surface area contributed by atoms with E-state index in [-0.39, 0.29) is 0 Å². The van der Waals surface area contributed by atoms with Crippen molar-refractivity contribution in [2.75, 3.05) is 0 Å². The molecule has 92 valence electrons. The minimum absolute atomic E-state index is 1.27. The van der Waals surface area contributed by atoms with Gasteiger partial charge in [-0.25, -0.2) is 0 Å². The molecule has 0 fully saturated rings. The number of nitrogens with zero attached hydrogens (tertiary/aromatic N) is 1. The first-order chi connectivity index (χ1) is 8.86. The number of hydrogen-bond donors (Lipinski definition) is 0. The van der Waals surface area contributed by atoms with E-state index < -0.39 is 0 Å². The molecule has 1 aromatic heterocycles. The Bertz CT molecular complexity index is 620. The van der Waals surface area contributed by atoms with E-state index in [0.717, 1.165) is 0 Å². The smallest absolute Gasteiger partial charge is 0.0488 e. The highest BCUT2D eigenvalue weighted by molar-refractivity contribution is 5.86. The fourth-order valence-corrected chi connectivity index (χ4v) is 2.17. The van der Waals surface area contributed by atoms with E-state index in [9.17, 15) is 0 Å². The summed E-state index contributed by atoms with van der Waals surface area (Å²) in [5.74, 6) is 0. The van der Waals surface area contributed by atoms with Gasteiger partial charge in [-0.15, -0.1) is 0 Å². The molecular formula is C17H19N. The second-order valence-corrected chi connectivity index (χ2v) is 4.01. The zero-order valence-electron chi connectivity index (χ0n) is 11.2. The van der Waals surface area contributed by atoms with Gasteiger partial charge in [-0.2, -0.15) is 0 Å². The Labute approximate surface area is 109 Å². The van der Waals surface area contributed by atoms with Crippen molar-refractivity contribution < 1.29 is 0 Å². The first-order valence-corrected chi connectivity index (χ1v) is 6.46. The second kappa shape index (κ2) is 5.54. The zero-order valence-corrected chi connectivity index (χ0v) is 11.2. The summed E-state index contributed by atoms with van der Waals surface area (Å²) in [5, 5.41) is 1.30. The van der Waals surface area contributed by atoms with Gasteiger partial charge in [0, 0.05) is 23.6 Å². The molecule has 18 heavy (non-hydrogen) atoms. The first-order valence-electron chi connectivity index (χ1n) is 6.46. The van der Waals surface area contributed by atoms with E-state index in [1.165, 1.54) is 22.2 Å². The molecule has 0 aliphatic carbocycles. The third-order valence-corrected chi connectivity index (χ3v) is 3.02. The molecule has 0 amide bonds. The second-order valence-electron chi connectivity index (χ2n) is 4.01. The van der Waals surface area contributed by atoms with Crippen molar-refractivity contribution in [1.29, 1.82) is 0 Å². The molecule has 1 heterocycles. The molecule has 0 aliphatic rings. The summed E-state index contributed by atoms with van der Waals surface area (Å²) >= 11 is 0. The standard InChI is InChI=1S/C15H13N.C2H6/c1-16-14-10-6-5-9-13(14)11-15(16)12-7-3-2-4-8-12;1-2/h2-11H,1H3;1-2H3. The highest BCUT2D eigenvalue weighted by Crippen LogP contribution is 2.26. The van der Waals surface area contributed by atoms with Gasteiger partial charge < -0.3 is 4.57 Å². The maximum Gasteiger partial charge on any atom is 0.0488 e. The Kier molecular flexibility index (Phi) is 3.83. The molecule has 3 rings (SSSR count). The van der Waals surface area contributed by atoms with Crippen molar-refractivity contribution in [3.8, 4) is 11.3 Å². The van der Waals surface area contributed by atoms with Crippen molar-refractivity contribution in [2.24, 2.45) is 7.05 Å². The number of aryl methyl sites for hydroxylation is 1. The maximum atomic E-state index is 2.24. The zero-order chi connectivity index (χ0) is 13.0. The monoisotopic (exact) mass is 237 g/mol. The van der Waals surface area contributed by atoms with Crippen LogP contribution in [0.1, 0.15) is 13.8 Å². The van der Waals surface area contributed by atoms with Crippen molar-refractivity contribution in [3.05, 3.63) is 60.7 Å². The SMILES string of the molecule is CC.Cn1c(-c2ccccc2)cc2ccccc21. The van der Waals surface area contributed by atoms with Crippen LogP contribution in [0.3, 0.4) is 0 Å². The molecule has 0 bridgehead atoms. The predicted octanol–water partition coefficient (Wildman–Crippen LogP) is 4.87. The van der Waals surface area contributed by atoms with Gasteiger partial charge in [-0.05, 0) is 17.7 Å². The van der Waals surface area contributed by atoms with E-state index in [0.29, 0.717) is 0 Å². The van der Waals surface area contributed by atoms with Gasteiger partial charge in [0.1, 0.15) is 0 Å². The molecule has 0 aliphatic heterocycles. The molecule has 3 aromatic rings. The Morgan fingerprint density at radius 3 is 2.06 bits per heavy atom. The normalized spacial score (nSPS) is 9.94. The maximum absolute atomic E-state index is 2.24. The number of benzene rings is 2. The van der Waals surface area contributed by atoms with Crippen LogP contribution in [0.25, 0.3) is 22.2 Å². The summed E-state index contributed by atoms with van der Waals surface area (Å²) < 4.78 is 2.24. The van der Waals surface area contributed by atoms with Gasteiger partial charge in [-0.3, -0.25) is 0 Å².